The van der Waals surface area contributed by atoms with E-state index in [4.69, 9.17) is 0 Å². The molecule has 2 aromatic carbocycles. The molecule has 0 amide bonds. The molecular formula is C20H24O2S2. The summed E-state index contributed by atoms with van der Waals surface area (Å²) < 4.78 is 25.6. The molecule has 2 nitrogen and oxygen atoms in total. The molecule has 0 fully saturated rings. The molecule has 4 heteroatoms. The molecule has 0 saturated carbocycles. The summed E-state index contributed by atoms with van der Waals surface area (Å²) in [6.45, 7) is 8.03. The monoisotopic (exact) mass is 360 g/mol. The van der Waals surface area contributed by atoms with Gasteiger partial charge in [-0.2, -0.15) is 0 Å². The molecule has 1 unspecified atom stereocenters. The van der Waals surface area contributed by atoms with Gasteiger partial charge >= 0.3 is 0 Å². The molecule has 0 saturated heterocycles. The average Bonchev–Trinajstić information content (AvgIpc) is 2.61. The minimum absolute atomic E-state index is 0.360. The first-order valence-corrected chi connectivity index (χ1v) is 10.4. The molecule has 2 aromatic rings. The average molecular weight is 361 g/mol. The van der Waals surface area contributed by atoms with E-state index in [9.17, 15) is 8.42 Å². The summed E-state index contributed by atoms with van der Waals surface area (Å²) in [5.41, 5.74) is 0. The normalized spacial score (nSPS) is 14.1. The molecule has 0 N–H and O–H groups in total. The summed E-state index contributed by atoms with van der Waals surface area (Å²) in [4.78, 5) is 2.04. The van der Waals surface area contributed by atoms with Crippen LogP contribution in [0, 0.1) is 0 Å². The number of benzene rings is 2. The van der Waals surface area contributed by atoms with Gasteiger partial charge in [0, 0.05) is 9.80 Å². The van der Waals surface area contributed by atoms with E-state index >= 15 is 0 Å². The first kappa shape index (κ1) is 18.8. The van der Waals surface area contributed by atoms with Gasteiger partial charge in [-0.1, -0.05) is 74.5 Å². The predicted octanol–water partition coefficient (Wildman–Crippen LogP) is 5.72. The Labute approximate surface area is 149 Å². The standard InChI is InChI=1S/C20H24O2S2/c1-4-5-16-20(3,17(2)23-18-12-8-6-9-13-18)24(21,22)19-14-10-7-11-15-19/h6-15H,2,4-5,16H2,1,3H3. The Morgan fingerprint density at radius 1 is 1.04 bits per heavy atom. The fourth-order valence-corrected chi connectivity index (χ4v) is 5.63. The van der Waals surface area contributed by atoms with E-state index in [0.29, 0.717) is 16.2 Å². The lowest BCUT2D eigenvalue weighted by Crippen LogP contribution is -2.36. The Hall–Kier alpha value is -1.52. The fourth-order valence-electron chi connectivity index (χ4n) is 2.54. The molecule has 0 aliphatic carbocycles. The van der Waals surface area contributed by atoms with Gasteiger partial charge in [-0.25, -0.2) is 8.42 Å². The highest BCUT2D eigenvalue weighted by atomic mass is 32.2. The quantitative estimate of drug-likeness (QED) is 0.565. The second kappa shape index (κ2) is 8.04. The maximum Gasteiger partial charge on any atom is 0.188 e. The number of hydrogen-bond donors (Lipinski definition) is 0. The lowest BCUT2D eigenvalue weighted by atomic mass is 10.0. The summed E-state index contributed by atoms with van der Waals surface area (Å²) in [6.07, 6.45) is 2.36. The summed E-state index contributed by atoms with van der Waals surface area (Å²) >= 11 is 1.45. The van der Waals surface area contributed by atoms with Crippen LogP contribution in [0.5, 0.6) is 0 Å². The Morgan fingerprint density at radius 3 is 2.12 bits per heavy atom. The molecule has 0 aliphatic heterocycles. The van der Waals surface area contributed by atoms with E-state index < -0.39 is 14.6 Å². The summed E-state index contributed by atoms with van der Waals surface area (Å²) in [5.74, 6) is 0. The van der Waals surface area contributed by atoms with Crippen molar-refractivity contribution in [1.82, 2.24) is 0 Å². The van der Waals surface area contributed by atoms with Crippen LogP contribution in [-0.4, -0.2) is 13.2 Å². The zero-order valence-electron chi connectivity index (χ0n) is 14.2. The number of sulfone groups is 1. The lowest BCUT2D eigenvalue weighted by molar-refractivity contribution is 0.535. The second-order valence-corrected chi connectivity index (χ2v) is 9.54. The van der Waals surface area contributed by atoms with Crippen LogP contribution in [0.15, 0.2) is 81.9 Å². The van der Waals surface area contributed by atoms with Crippen LogP contribution in [0.1, 0.15) is 33.1 Å². The molecular weight excluding hydrogens is 336 g/mol. The number of hydrogen-bond acceptors (Lipinski definition) is 3. The van der Waals surface area contributed by atoms with Gasteiger partial charge in [0.15, 0.2) is 9.84 Å². The highest BCUT2D eigenvalue weighted by Gasteiger charge is 2.42. The van der Waals surface area contributed by atoms with Gasteiger partial charge in [-0.05, 0) is 37.6 Å². The van der Waals surface area contributed by atoms with Crippen molar-refractivity contribution < 1.29 is 8.42 Å². The van der Waals surface area contributed by atoms with Gasteiger partial charge in [0.25, 0.3) is 0 Å². The summed E-state index contributed by atoms with van der Waals surface area (Å²) in [7, 11) is -3.51. The number of unbranched alkanes of at least 4 members (excludes halogenated alkanes) is 1. The zero-order chi connectivity index (χ0) is 17.6. The van der Waals surface area contributed by atoms with Crippen LogP contribution in [0.25, 0.3) is 0 Å². The van der Waals surface area contributed by atoms with Gasteiger partial charge in [-0.15, -0.1) is 0 Å². The highest BCUT2D eigenvalue weighted by molar-refractivity contribution is 8.04. The van der Waals surface area contributed by atoms with E-state index in [1.54, 1.807) is 24.3 Å². The molecule has 0 radical (unpaired) electrons. The van der Waals surface area contributed by atoms with Crippen molar-refractivity contribution in [2.45, 2.75) is 47.6 Å². The number of thioether (sulfide) groups is 1. The summed E-state index contributed by atoms with van der Waals surface area (Å²) in [6, 6.07) is 18.5. The van der Waals surface area contributed by atoms with Crippen molar-refractivity contribution in [3.05, 3.63) is 72.1 Å². The molecule has 0 aliphatic rings. The summed E-state index contributed by atoms with van der Waals surface area (Å²) in [5, 5.41) is 0. The maximum absolute atomic E-state index is 13.3. The molecule has 0 heterocycles. The second-order valence-electron chi connectivity index (χ2n) is 5.99. The van der Waals surface area contributed by atoms with Crippen molar-refractivity contribution >= 4 is 21.6 Å². The third-order valence-electron chi connectivity index (χ3n) is 4.23. The van der Waals surface area contributed by atoms with Crippen LogP contribution in [-0.2, 0) is 9.84 Å². The maximum atomic E-state index is 13.3. The van der Waals surface area contributed by atoms with Gasteiger partial charge in [-0.3, -0.25) is 0 Å². The van der Waals surface area contributed by atoms with Crippen LogP contribution in [0.3, 0.4) is 0 Å². The first-order valence-electron chi connectivity index (χ1n) is 8.14. The van der Waals surface area contributed by atoms with E-state index in [0.717, 1.165) is 17.7 Å². The van der Waals surface area contributed by atoms with Crippen molar-refractivity contribution in [1.29, 1.82) is 0 Å². The van der Waals surface area contributed by atoms with Gasteiger partial charge < -0.3 is 0 Å². The molecule has 0 bridgehead atoms. The molecule has 2 rings (SSSR count). The van der Waals surface area contributed by atoms with E-state index in [1.165, 1.54) is 11.8 Å². The topological polar surface area (TPSA) is 34.1 Å². The molecule has 24 heavy (non-hydrogen) atoms. The Kier molecular flexibility index (Phi) is 6.30. The molecule has 1 atom stereocenters. The largest absolute Gasteiger partial charge is 0.223 e. The first-order chi connectivity index (χ1) is 11.4. The van der Waals surface area contributed by atoms with Crippen molar-refractivity contribution in [2.75, 3.05) is 0 Å². The number of rotatable bonds is 8. The lowest BCUT2D eigenvalue weighted by Gasteiger charge is -2.31. The van der Waals surface area contributed by atoms with Gasteiger partial charge in [0.05, 0.1) is 4.90 Å². The minimum Gasteiger partial charge on any atom is -0.223 e. The SMILES string of the molecule is C=C(Sc1ccccc1)C(C)(CCCC)S(=O)(=O)c1ccccc1. The Morgan fingerprint density at radius 2 is 1.58 bits per heavy atom. The Bertz CT molecular complexity index is 768. The molecule has 128 valence electrons. The van der Waals surface area contributed by atoms with E-state index in [1.807, 2.05) is 43.3 Å². The van der Waals surface area contributed by atoms with Crippen molar-refractivity contribution in [2.24, 2.45) is 0 Å². The van der Waals surface area contributed by atoms with Gasteiger partial charge in [0.1, 0.15) is 4.75 Å². The van der Waals surface area contributed by atoms with Crippen LogP contribution < -0.4 is 0 Å². The van der Waals surface area contributed by atoms with Crippen molar-refractivity contribution in [3.8, 4) is 0 Å². The minimum atomic E-state index is -3.51. The van der Waals surface area contributed by atoms with Crippen LogP contribution in [0.2, 0.25) is 0 Å². The third kappa shape index (κ3) is 3.93. The van der Waals surface area contributed by atoms with E-state index in [2.05, 4.69) is 13.5 Å². The van der Waals surface area contributed by atoms with Crippen molar-refractivity contribution in [3.63, 3.8) is 0 Å². The molecule has 0 spiro atoms. The highest BCUT2D eigenvalue weighted by Crippen LogP contribution is 2.43. The van der Waals surface area contributed by atoms with Gasteiger partial charge in [0.2, 0.25) is 0 Å². The predicted molar refractivity (Wildman–Crippen MR) is 103 cm³/mol. The smallest absolute Gasteiger partial charge is 0.188 e. The third-order valence-corrected chi connectivity index (χ3v) is 8.09. The fraction of sp³-hybridized carbons (Fsp3) is 0.300. The Balaban J connectivity index is 2.40. The zero-order valence-corrected chi connectivity index (χ0v) is 15.9. The van der Waals surface area contributed by atoms with Crippen LogP contribution in [0.4, 0.5) is 0 Å². The van der Waals surface area contributed by atoms with Crippen LogP contribution >= 0.6 is 11.8 Å². The molecule has 0 aromatic heterocycles. The van der Waals surface area contributed by atoms with E-state index in [-0.39, 0.29) is 0 Å².